The van der Waals surface area contributed by atoms with Gasteiger partial charge >= 0.3 is 0 Å². The first kappa shape index (κ1) is 16.1. The minimum absolute atomic E-state index is 0.297. The third-order valence-electron chi connectivity index (χ3n) is 4.04. The number of hydrogen-bond donors (Lipinski definition) is 0. The van der Waals surface area contributed by atoms with Crippen LogP contribution in [0.1, 0.15) is 0 Å². The summed E-state index contributed by atoms with van der Waals surface area (Å²) in [6, 6.07) is 16.8. The Morgan fingerprint density at radius 2 is 1.75 bits per heavy atom. The maximum Gasteiger partial charge on any atom is 0.247 e. The lowest BCUT2D eigenvalue weighted by Crippen LogP contribution is -1.99. The Labute approximate surface area is 157 Å². The predicted octanol–water partition coefficient (Wildman–Crippen LogP) is 3.77. The Morgan fingerprint density at radius 3 is 2.54 bits per heavy atom. The van der Waals surface area contributed by atoms with Crippen LogP contribution < -0.4 is 4.74 Å². The summed E-state index contributed by atoms with van der Waals surface area (Å²) in [4.78, 5) is 0. The highest BCUT2D eigenvalue weighted by molar-refractivity contribution is 5.59. The quantitative estimate of drug-likeness (QED) is 0.473. The van der Waals surface area contributed by atoms with Crippen LogP contribution in [0.15, 0.2) is 71.5 Å². The molecule has 0 fully saturated rings. The van der Waals surface area contributed by atoms with Crippen LogP contribution in [-0.2, 0) is 0 Å². The molecule has 3 aromatic heterocycles. The van der Waals surface area contributed by atoms with Crippen molar-refractivity contribution in [3.63, 3.8) is 0 Å². The summed E-state index contributed by atoms with van der Waals surface area (Å²) in [7, 11) is 0. The van der Waals surface area contributed by atoms with Crippen LogP contribution in [0.2, 0.25) is 0 Å². The molecule has 5 aromatic rings. The summed E-state index contributed by atoms with van der Waals surface area (Å²) in [6.45, 7) is 0. The minimum Gasteiger partial charge on any atom is -0.438 e. The number of benzene rings is 2. The second-order valence-electron chi connectivity index (χ2n) is 5.82. The SMILES string of the molecule is Fc1ccccc1-c1nnc2ccc(Oc3ccc(-c4nnco4)cc3)nn12. The van der Waals surface area contributed by atoms with Crippen molar-refractivity contribution in [2.45, 2.75) is 0 Å². The van der Waals surface area contributed by atoms with Crippen molar-refractivity contribution >= 4 is 5.65 Å². The van der Waals surface area contributed by atoms with Crippen molar-refractivity contribution in [3.8, 4) is 34.5 Å². The molecule has 0 radical (unpaired) electrons. The van der Waals surface area contributed by atoms with Crippen molar-refractivity contribution in [2.24, 2.45) is 0 Å². The number of rotatable bonds is 4. The summed E-state index contributed by atoms with van der Waals surface area (Å²) in [5.74, 6) is 1.20. The summed E-state index contributed by atoms with van der Waals surface area (Å²) in [5.41, 5.74) is 1.56. The number of fused-ring (bicyclic) bond motifs is 1. The summed E-state index contributed by atoms with van der Waals surface area (Å²) in [5, 5.41) is 20.0. The number of ether oxygens (including phenoxy) is 1. The molecule has 0 bridgehead atoms. The van der Waals surface area contributed by atoms with E-state index in [4.69, 9.17) is 9.15 Å². The number of aromatic nitrogens is 6. The van der Waals surface area contributed by atoms with E-state index in [1.165, 1.54) is 17.0 Å². The Morgan fingerprint density at radius 1 is 0.893 bits per heavy atom. The lowest BCUT2D eigenvalue weighted by atomic mass is 10.2. The van der Waals surface area contributed by atoms with E-state index < -0.39 is 5.82 Å². The van der Waals surface area contributed by atoms with Crippen LogP contribution >= 0.6 is 0 Å². The summed E-state index contributed by atoms with van der Waals surface area (Å²) >= 11 is 0. The molecule has 5 rings (SSSR count). The van der Waals surface area contributed by atoms with Crippen LogP contribution in [0.4, 0.5) is 4.39 Å². The van der Waals surface area contributed by atoms with Crippen molar-refractivity contribution in [1.29, 1.82) is 0 Å². The molecule has 0 saturated carbocycles. The van der Waals surface area contributed by atoms with Gasteiger partial charge in [-0.3, -0.25) is 0 Å². The molecule has 2 aromatic carbocycles. The fraction of sp³-hybridized carbons (Fsp3) is 0. The van der Waals surface area contributed by atoms with Crippen LogP contribution in [0.3, 0.4) is 0 Å². The van der Waals surface area contributed by atoms with Gasteiger partial charge in [-0.2, -0.15) is 4.52 Å². The smallest absolute Gasteiger partial charge is 0.247 e. The highest BCUT2D eigenvalue weighted by Gasteiger charge is 2.14. The number of halogens is 1. The van der Waals surface area contributed by atoms with Crippen molar-refractivity contribution < 1.29 is 13.5 Å². The third-order valence-corrected chi connectivity index (χ3v) is 4.04. The van der Waals surface area contributed by atoms with E-state index in [1.54, 1.807) is 54.6 Å². The zero-order valence-corrected chi connectivity index (χ0v) is 14.2. The van der Waals surface area contributed by atoms with Gasteiger partial charge in [0.2, 0.25) is 18.2 Å². The van der Waals surface area contributed by atoms with Gasteiger partial charge in [0, 0.05) is 11.6 Å². The Kier molecular flexibility index (Phi) is 3.75. The van der Waals surface area contributed by atoms with Crippen LogP contribution in [0.5, 0.6) is 11.6 Å². The molecule has 0 atom stereocenters. The van der Waals surface area contributed by atoms with Gasteiger partial charge in [-0.05, 0) is 42.5 Å². The third kappa shape index (κ3) is 2.84. The zero-order valence-electron chi connectivity index (χ0n) is 14.2. The summed E-state index contributed by atoms with van der Waals surface area (Å²) in [6.07, 6.45) is 1.27. The maximum absolute atomic E-state index is 14.1. The summed E-state index contributed by atoms with van der Waals surface area (Å²) < 4.78 is 26.5. The molecule has 0 saturated heterocycles. The molecule has 8 nitrogen and oxygen atoms in total. The molecule has 3 heterocycles. The van der Waals surface area contributed by atoms with Crippen molar-refractivity contribution in [2.75, 3.05) is 0 Å². The van der Waals surface area contributed by atoms with Crippen LogP contribution in [0, 0.1) is 5.82 Å². The zero-order chi connectivity index (χ0) is 18.9. The molecule has 136 valence electrons. The Hall–Kier alpha value is -4.14. The van der Waals surface area contributed by atoms with Gasteiger partial charge in [0.25, 0.3) is 0 Å². The molecule has 9 heteroatoms. The molecule has 0 aliphatic carbocycles. The first-order chi connectivity index (χ1) is 13.8. The van der Waals surface area contributed by atoms with E-state index in [1.807, 2.05) is 0 Å². The van der Waals surface area contributed by atoms with Crippen LogP contribution in [-0.4, -0.2) is 30.0 Å². The van der Waals surface area contributed by atoms with Crippen molar-refractivity contribution in [3.05, 3.63) is 72.9 Å². The molecular weight excluding hydrogens is 363 g/mol. The second-order valence-corrected chi connectivity index (χ2v) is 5.82. The fourth-order valence-corrected chi connectivity index (χ4v) is 2.72. The first-order valence-electron chi connectivity index (χ1n) is 8.30. The van der Waals surface area contributed by atoms with E-state index >= 15 is 0 Å². The van der Waals surface area contributed by atoms with E-state index in [-0.39, 0.29) is 0 Å². The average Bonchev–Trinajstić information content (AvgIpc) is 3.39. The Balaban J connectivity index is 1.47. The lowest BCUT2D eigenvalue weighted by molar-refractivity contribution is 0.452. The molecule has 0 spiro atoms. The van der Waals surface area contributed by atoms with Crippen molar-refractivity contribution in [1.82, 2.24) is 30.0 Å². The predicted molar refractivity (Wildman–Crippen MR) is 96.0 cm³/mol. The Bertz CT molecular complexity index is 1250. The topological polar surface area (TPSA) is 91.2 Å². The molecule has 0 aliphatic heterocycles. The standard InChI is InChI=1S/C19H11FN6O2/c20-15-4-2-1-3-14(15)18-23-22-16-9-10-17(25-26(16)18)28-13-7-5-12(6-8-13)19-24-21-11-27-19/h1-11H. The fourth-order valence-electron chi connectivity index (χ4n) is 2.72. The number of nitrogens with zero attached hydrogens (tertiary/aromatic N) is 6. The molecule has 0 amide bonds. The monoisotopic (exact) mass is 374 g/mol. The van der Waals surface area contributed by atoms with Gasteiger partial charge in [-0.1, -0.05) is 12.1 Å². The molecule has 28 heavy (non-hydrogen) atoms. The average molecular weight is 374 g/mol. The molecule has 0 unspecified atom stereocenters. The first-order valence-corrected chi connectivity index (χ1v) is 8.30. The normalized spacial score (nSPS) is 11.0. The lowest BCUT2D eigenvalue weighted by Gasteiger charge is -2.06. The highest BCUT2D eigenvalue weighted by atomic mass is 19.1. The van der Waals surface area contributed by atoms with Gasteiger partial charge in [0.05, 0.1) is 5.56 Å². The highest BCUT2D eigenvalue weighted by Crippen LogP contribution is 2.25. The van der Waals surface area contributed by atoms with E-state index in [2.05, 4.69) is 25.5 Å². The molecule has 0 aliphatic rings. The maximum atomic E-state index is 14.1. The van der Waals surface area contributed by atoms with E-state index in [9.17, 15) is 4.39 Å². The van der Waals surface area contributed by atoms with Gasteiger partial charge < -0.3 is 9.15 Å². The number of hydrogen-bond acceptors (Lipinski definition) is 7. The second kappa shape index (κ2) is 6.54. The largest absolute Gasteiger partial charge is 0.438 e. The van der Waals surface area contributed by atoms with Crippen LogP contribution in [0.25, 0.3) is 28.5 Å². The van der Waals surface area contributed by atoms with E-state index in [0.29, 0.717) is 34.6 Å². The van der Waals surface area contributed by atoms with E-state index in [0.717, 1.165) is 5.56 Å². The van der Waals surface area contributed by atoms with Gasteiger partial charge in [0.1, 0.15) is 11.6 Å². The van der Waals surface area contributed by atoms with Gasteiger partial charge in [0.15, 0.2) is 11.5 Å². The van der Waals surface area contributed by atoms with Gasteiger partial charge in [-0.25, -0.2) is 4.39 Å². The van der Waals surface area contributed by atoms with Gasteiger partial charge in [-0.15, -0.1) is 25.5 Å². The molecule has 0 N–H and O–H groups in total. The minimum atomic E-state index is -0.401. The molecular formula is C19H11FN6O2.